The van der Waals surface area contributed by atoms with Crippen molar-refractivity contribution >= 4 is 6.79 Å². The zero-order valence-electron chi connectivity index (χ0n) is 17.1. The summed E-state index contributed by atoms with van der Waals surface area (Å²) in [4.78, 5) is 8.00. The highest BCUT2D eigenvalue weighted by molar-refractivity contribution is 5.11. The summed E-state index contributed by atoms with van der Waals surface area (Å²) >= 11 is 0. The standard InChI is InChI=1S/C15H32.C3H9N3.CH2O/c1-8-14(6,9-2)12-13(5)15(7,10-3)11-4;1-2-5-6-3-4;1-2/h13H,8-12H2,1-7H3;2-4H2,1H3;1H2. The second-order valence-corrected chi connectivity index (χ2v) is 6.77. The molecule has 0 heterocycles. The summed E-state index contributed by atoms with van der Waals surface area (Å²) < 4.78 is 0. The molecule has 0 saturated carbocycles. The molecule has 0 radical (unpaired) electrons. The van der Waals surface area contributed by atoms with Crippen molar-refractivity contribution in [2.45, 2.75) is 87.5 Å². The van der Waals surface area contributed by atoms with Crippen molar-refractivity contribution in [3.8, 4) is 0 Å². The zero-order chi connectivity index (χ0) is 18.9. The quantitative estimate of drug-likeness (QED) is 0.539. The lowest BCUT2D eigenvalue weighted by atomic mass is 9.66. The molecule has 2 N–H and O–H groups in total. The van der Waals surface area contributed by atoms with Crippen LogP contribution in [0.2, 0.25) is 0 Å². The lowest BCUT2D eigenvalue weighted by Crippen LogP contribution is -2.29. The Labute approximate surface area is 145 Å². The fraction of sp³-hybridized carbons (Fsp3) is 0.947. The van der Waals surface area contributed by atoms with Gasteiger partial charge < -0.3 is 10.5 Å². The van der Waals surface area contributed by atoms with E-state index in [2.05, 4.69) is 58.7 Å². The molecule has 4 nitrogen and oxygen atoms in total. The molecule has 0 spiro atoms. The fourth-order valence-electron chi connectivity index (χ4n) is 2.63. The maximum absolute atomic E-state index is 8.00. The number of hydrogen-bond acceptors (Lipinski definition) is 4. The monoisotopic (exact) mass is 329 g/mol. The van der Waals surface area contributed by atoms with Crippen molar-refractivity contribution in [2.24, 2.45) is 32.7 Å². The maximum Gasteiger partial charge on any atom is 0.107 e. The lowest BCUT2D eigenvalue weighted by Gasteiger charge is -2.40. The van der Waals surface area contributed by atoms with E-state index >= 15 is 0 Å². The Kier molecular flexibility index (Phi) is 19.0. The Hall–Kier alpha value is -0.770. The van der Waals surface area contributed by atoms with Crippen LogP contribution in [-0.2, 0) is 4.79 Å². The Morgan fingerprint density at radius 1 is 0.913 bits per heavy atom. The Morgan fingerprint density at radius 2 is 1.35 bits per heavy atom. The number of carbonyl (C=O) groups is 1. The van der Waals surface area contributed by atoms with E-state index in [1.54, 1.807) is 0 Å². The first-order chi connectivity index (χ1) is 10.8. The molecule has 1 atom stereocenters. The smallest absolute Gasteiger partial charge is 0.107 e. The molecular weight excluding hydrogens is 286 g/mol. The van der Waals surface area contributed by atoms with Gasteiger partial charge in [-0.25, -0.2) is 0 Å². The molecular formula is C19H43N3O. The molecule has 0 aromatic heterocycles. The van der Waals surface area contributed by atoms with Crippen molar-refractivity contribution in [1.82, 2.24) is 0 Å². The summed E-state index contributed by atoms with van der Waals surface area (Å²) in [6.07, 6.45) is 6.65. The highest BCUT2D eigenvalue weighted by atomic mass is 16.1. The van der Waals surface area contributed by atoms with Gasteiger partial charge in [-0.1, -0.05) is 74.1 Å². The maximum atomic E-state index is 8.00. The molecule has 0 bridgehead atoms. The van der Waals surface area contributed by atoms with Gasteiger partial charge in [-0.2, -0.15) is 10.2 Å². The van der Waals surface area contributed by atoms with Crippen LogP contribution in [0.25, 0.3) is 0 Å². The predicted molar refractivity (Wildman–Crippen MR) is 103 cm³/mol. The van der Waals surface area contributed by atoms with Gasteiger partial charge in [0.2, 0.25) is 0 Å². The molecule has 4 heteroatoms. The number of nitrogens with two attached hydrogens (primary N) is 1. The minimum atomic E-state index is 0.313. The van der Waals surface area contributed by atoms with Crippen LogP contribution in [0.15, 0.2) is 10.2 Å². The third-order valence-electron chi connectivity index (χ3n) is 5.63. The molecule has 0 aromatic carbocycles. The minimum absolute atomic E-state index is 0.313. The highest BCUT2D eigenvalue weighted by Crippen LogP contribution is 2.43. The third-order valence-corrected chi connectivity index (χ3v) is 5.63. The predicted octanol–water partition coefficient (Wildman–Crippen LogP) is 5.86. The van der Waals surface area contributed by atoms with E-state index in [0.29, 0.717) is 17.5 Å². The fourth-order valence-corrected chi connectivity index (χ4v) is 2.63. The van der Waals surface area contributed by atoms with Crippen molar-refractivity contribution in [1.29, 1.82) is 0 Å². The van der Waals surface area contributed by atoms with E-state index < -0.39 is 0 Å². The van der Waals surface area contributed by atoms with Gasteiger partial charge in [-0.3, -0.25) is 0 Å². The number of hydrogen-bond donors (Lipinski definition) is 1. The molecule has 0 aliphatic rings. The number of nitrogens with zero attached hydrogens (tertiary/aromatic N) is 2. The molecule has 0 aliphatic heterocycles. The molecule has 23 heavy (non-hydrogen) atoms. The Bertz CT molecular complexity index is 266. The van der Waals surface area contributed by atoms with E-state index in [1.807, 2.05) is 13.7 Å². The van der Waals surface area contributed by atoms with Gasteiger partial charge in [0.1, 0.15) is 13.5 Å². The van der Waals surface area contributed by atoms with Crippen molar-refractivity contribution in [2.75, 3.05) is 13.2 Å². The average molecular weight is 330 g/mol. The summed E-state index contributed by atoms with van der Waals surface area (Å²) in [5.74, 6) is 0.845. The molecule has 0 aliphatic carbocycles. The van der Waals surface area contributed by atoms with Crippen LogP contribution in [-0.4, -0.2) is 20.0 Å². The summed E-state index contributed by atoms with van der Waals surface area (Å²) in [5, 5.41) is 7.08. The Balaban J connectivity index is -0.000000418. The first-order valence-corrected chi connectivity index (χ1v) is 9.11. The van der Waals surface area contributed by atoms with Crippen LogP contribution >= 0.6 is 0 Å². The lowest BCUT2D eigenvalue weighted by molar-refractivity contribution is -0.0979. The third kappa shape index (κ3) is 12.3. The SMILES string of the molecule is C=O.CCC(C)(CC)CC(C)C(C)(CC)CC.CCN=NCN. The van der Waals surface area contributed by atoms with E-state index in [9.17, 15) is 0 Å². The van der Waals surface area contributed by atoms with Gasteiger partial charge in [0.25, 0.3) is 0 Å². The molecule has 0 rings (SSSR count). The van der Waals surface area contributed by atoms with Crippen LogP contribution in [0.3, 0.4) is 0 Å². The molecule has 0 amide bonds. The van der Waals surface area contributed by atoms with Gasteiger partial charge >= 0.3 is 0 Å². The molecule has 1 unspecified atom stereocenters. The van der Waals surface area contributed by atoms with E-state index in [1.165, 1.54) is 32.1 Å². The van der Waals surface area contributed by atoms with Crippen molar-refractivity contribution < 1.29 is 4.79 Å². The van der Waals surface area contributed by atoms with Crippen LogP contribution in [0.5, 0.6) is 0 Å². The molecule has 0 fully saturated rings. The largest absolute Gasteiger partial charge is 0.311 e. The minimum Gasteiger partial charge on any atom is -0.311 e. The Morgan fingerprint density at radius 3 is 1.57 bits per heavy atom. The summed E-state index contributed by atoms with van der Waals surface area (Å²) in [5.41, 5.74) is 6.06. The zero-order valence-corrected chi connectivity index (χ0v) is 17.1. The van der Waals surface area contributed by atoms with E-state index in [-0.39, 0.29) is 0 Å². The topological polar surface area (TPSA) is 67.8 Å². The van der Waals surface area contributed by atoms with Crippen LogP contribution < -0.4 is 5.73 Å². The van der Waals surface area contributed by atoms with Gasteiger partial charge in [0, 0.05) is 0 Å². The van der Waals surface area contributed by atoms with Gasteiger partial charge in [0.05, 0.1) is 6.54 Å². The number of azo groups is 1. The van der Waals surface area contributed by atoms with Gasteiger partial charge in [-0.15, -0.1) is 0 Å². The van der Waals surface area contributed by atoms with Gasteiger partial charge in [-0.05, 0) is 30.1 Å². The van der Waals surface area contributed by atoms with Crippen LogP contribution in [0.4, 0.5) is 0 Å². The van der Waals surface area contributed by atoms with E-state index in [0.717, 1.165) is 12.5 Å². The second-order valence-electron chi connectivity index (χ2n) is 6.77. The summed E-state index contributed by atoms with van der Waals surface area (Å²) in [6, 6.07) is 0. The van der Waals surface area contributed by atoms with Crippen molar-refractivity contribution in [3.63, 3.8) is 0 Å². The molecule has 140 valence electrons. The first kappa shape index (κ1) is 27.1. The van der Waals surface area contributed by atoms with Crippen molar-refractivity contribution in [3.05, 3.63) is 0 Å². The average Bonchev–Trinajstić information content (AvgIpc) is 2.61. The molecule has 0 saturated heterocycles. The van der Waals surface area contributed by atoms with Crippen LogP contribution in [0, 0.1) is 16.7 Å². The number of rotatable bonds is 9. The summed E-state index contributed by atoms with van der Waals surface area (Å²) in [7, 11) is 0. The van der Waals surface area contributed by atoms with Gasteiger partial charge in [0.15, 0.2) is 0 Å². The van der Waals surface area contributed by atoms with E-state index in [4.69, 9.17) is 10.5 Å². The molecule has 0 aromatic rings. The highest BCUT2D eigenvalue weighted by Gasteiger charge is 2.32. The first-order valence-electron chi connectivity index (χ1n) is 9.11. The summed E-state index contributed by atoms with van der Waals surface area (Å²) in [6.45, 7) is 21.7. The second kappa shape index (κ2) is 16.1. The van der Waals surface area contributed by atoms with Crippen LogP contribution in [0.1, 0.15) is 87.5 Å². The normalized spacial score (nSPS) is 12.9. The number of carbonyl (C=O) groups excluding carboxylic acids is 1.